The van der Waals surface area contributed by atoms with Crippen LogP contribution in [0.5, 0.6) is 0 Å². The maximum absolute atomic E-state index is 12.9. The third kappa shape index (κ3) is 4.23. The summed E-state index contributed by atoms with van der Waals surface area (Å²) in [5, 5.41) is 5.44. The monoisotopic (exact) mass is 393 g/mol. The zero-order valence-corrected chi connectivity index (χ0v) is 17.3. The summed E-state index contributed by atoms with van der Waals surface area (Å²) in [5.41, 5.74) is 7.53. The van der Waals surface area contributed by atoms with E-state index in [1.54, 1.807) is 12.1 Å². The molecule has 0 unspecified atom stereocenters. The molecule has 1 N–H and O–H groups in total. The van der Waals surface area contributed by atoms with Crippen LogP contribution in [-0.2, 0) is 6.42 Å². The Hall–Kier alpha value is -2.72. The first-order chi connectivity index (χ1) is 13.4. The second-order valence-electron chi connectivity index (χ2n) is 7.09. The van der Waals surface area contributed by atoms with Crippen molar-refractivity contribution in [1.29, 1.82) is 0 Å². The lowest BCUT2D eigenvalue weighted by molar-refractivity contribution is 0.0956. The van der Waals surface area contributed by atoms with E-state index in [9.17, 15) is 4.79 Å². The summed E-state index contributed by atoms with van der Waals surface area (Å²) in [7, 11) is 0. The van der Waals surface area contributed by atoms with Gasteiger partial charge in [0.1, 0.15) is 0 Å². The van der Waals surface area contributed by atoms with Gasteiger partial charge in [-0.05, 0) is 37.0 Å². The molecule has 28 heavy (non-hydrogen) atoms. The van der Waals surface area contributed by atoms with Gasteiger partial charge in [0.2, 0.25) is 0 Å². The normalized spacial score (nSPS) is 11.9. The van der Waals surface area contributed by atoms with E-state index in [0.29, 0.717) is 27.2 Å². The highest BCUT2D eigenvalue weighted by molar-refractivity contribution is 6.35. The molecule has 0 saturated carbocycles. The first-order valence-electron chi connectivity index (χ1n) is 9.43. The largest absolute Gasteiger partial charge is 0.272 e. The fraction of sp³-hybridized carbons (Fsp3) is 0.261. The molecule has 0 radical (unpaired) electrons. The molecule has 0 bridgehead atoms. The minimum absolute atomic E-state index is 0.261. The number of carbonyl (C=O) groups excluding carboxylic acids is 1. The second kappa shape index (κ2) is 8.53. The summed E-state index contributed by atoms with van der Waals surface area (Å²) in [6.07, 6.45) is 0.970. The van der Waals surface area contributed by atoms with E-state index in [1.165, 1.54) is 5.56 Å². The summed E-state index contributed by atoms with van der Waals surface area (Å²) in [6, 6.07) is 15.4. The van der Waals surface area contributed by atoms with E-state index in [1.807, 2.05) is 45.0 Å². The predicted octanol–water partition coefficient (Wildman–Crippen LogP) is 5.88. The molecule has 0 fully saturated rings. The van der Waals surface area contributed by atoms with Gasteiger partial charge in [-0.1, -0.05) is 68.8 Å². The summed E-state index contributed by atoms with van der Waals surface area (Å²) in [5.74, 6) is -0.0161. The summed E-state index contributed by atoms with van der Waals surface area (Å²) >= 11 is 6.39. The number of amides is 1. The molecule has 1 aromatic heterocycles. The van der Waals surface area contributed by atoms with Crippen LogP contribution < -0.4 is 5.43 Å². The summed E-state index contributed by atoms with van der Waals surface area (Å²) < 4.78 is 0. The van der Waals surface area contributed by atoms with Gasteiger partial charge in [0.05, 0.1) is 21.8 Å². The van der Waals surface area contributed by atoms with E-state index < -0.39 is 0 Å². The van der Waals surface area contributed by atoms with Crippen molar-refractivity contribution >= 4 is 34.1 Å². The van der Waals surface area contributed by atoms with Crippen molar-refractivity contribution in [3.8, 4) is 11.3 Å². The third-order valence-corrected chi connectivity index (χ3v) is 5.17. The topological polar surface area (TPSA) is 54.4 Å². The number of hydrogen-bond acceptors (Lipinski definition) is 3. The highest BCUT2D eigenvalue weighted by Gasteiger charge is 2.15. The van der Waals surface area contributed by atoms with E-state index in [0.717, 1.165) is 17.7 Å². The number of nitrogens with one attached hydrogen (secondary N) is 1. The van der Waals surface area contributed by atoms with Gasteiger partial charge in [0, 0.05) is 16.7 Å². The van der Waals surface area contributed by atoms with Crippen LogP contribution in [0.15, 0.2) is 53.6 Å². The number of nitrogens with zero attached hydrogens (tertiary/aromatic N) is 2. The number of rotatable bonds is 5. The molecule has 1 amide bonds. The molecular weight excluding hydrogens is 370 g/mol. The maximum Gasteiger partial charge on any atom is 0.272 e. The van der Waals surface area contributed by atoms with Crippen LogP contribution in [0, 0.1) is 5.92 Å². The maximum atomic E-state index is 12.9. The van der Waals surface area contributed by atoms with Crippen LogP contribution in [0.3, 0.4) is 0 Å². The smallest absolute Gasteiger partial charge is 0.267 e. The lowest BCUT2D eigenvalue weighted by Crippen LogP contribution is -2.21. The molecule has 3 rings (SSSR count). The Kier molecular flexibility index (Phi) is 6.10. The molecule has 0 saturated heterocycles. The lowest BCUT2D eigenvalue weighted by Gasteiger charge is -2.11. The molecule has 3 aromatic rings. The molecule has 4 nitrogen and oxygen atoms in total. The highest BCUT2D eigenvalue weighted by atomic mass is 35.5. The second-order valence-corrected chi connectivity index (χ2v) is 7.50. The Morgan fingerprint density at radius 3 is 2.54 bits per heavy atom. The Labute approximate surface area is 170 Å². The van der Waals surface area contributed by atoms with Crippen molar-refractivity contribution in [3.05, 3.63) is 64.7 Å². The van der Waals surface area contributed by atoms with Crippen molar-refractivity contribution in [2.75, 3.05) is 0 Å². The number of hydrazone groups is 1. The van der Waals surface area contributed by atoms with Crippen molar-refractivity contribution in [1.82, 2.24) is 10.4 Å². The predicted molar refractivity (Wildman–Crippen MR) is 117 cm³/mol. The van der Waals surface area contributed by atoms with Crippen molar-refractivity contribution in [2.45, 2.75) is 34.1 Å². The first kappa shape index (κ1) is 20.0. The number of para-hydroxylation sites is 1. The van der Waals surface area contributed by atoms with E-state index >= 15 is 0 Å². The van der Waals surface area contributed by atoms with Crippen LogP contribution in [-0.4, -0.2) is 16.6 Å². The Morgan fingerprint density at radius 1 is 1.18 bits per heavy atom. The lowest BCUT2D eigenvalue weighted by atomic mass is 10.0. The molecule has 0 spiro atoms. The molecule has 0 atom stereocenters. The van der Waals surface area contributed by atoms with Gasteiger partial charge in [0.25, 0.3) is 5.91 Å². The molecular formula is C23H24ClN3O. The van der Waals surface area contributed by atoms with Crippen LogP contribution >= 0.6 is 11.6 Å². The number of aryl methyl sites for hydroxylation is 1. The van der Waals surface area contributed by atoms with Crippen LogP contribution in [0.1, 0.15) is 43.6 Å². The number of aromatic nitrogens is 1. The van der Waals surface area contributed by atoms with Crippen molar-refractivity contribution < 1.29 is 4.79 Å². The molecule has 2 aromatic carbocycles. The Bertz CT molecular complexity index is 1040. The van der Waals surface area contributed by atoms with Crippen molar-refractivity contribution in [3.63, 3.8) is 0 Å². The van der Waals surface area contributed by atoms with Crippen LogP contribution in [0.25, 0.3) is 22.2 Å². The standard InChI is InChI=1S/C23H24ClN3O/c1-5-16-9-11-17(12-10-16)21-13-19(23(28)27-26-15(4)14(2)3)18-7-6-8-20(24)22(18)25-21/h6-14H,5H2,1-4H3,(H,27,28). The molecule has 0 aliphatic heterocycles. The molecule has 0 aliphatic rings. The molecule has 1 heterocycles. The zero-order chi connectivity index (χ0) is 20.3. The first-order valence-corrected chi connectivity index (χ1v) is 9.81. The number of hydrogen-bond donors (Lipinski definition) is 1. The number of carbonyl (C=O) groups is 1. The van der Waals surface area contributed by atoms with E-state index in [4.69, 9.17) is 16.6 Å². The number of fused-ring (bicyclic) bond motifs is 1. The van der Waals surface area contributed by atoms with Crippen molar-refractivity contribution in [2.24, 2.45) is 11.0 Å². The van der Waals surface area contributed by atoms with E-state index in [2.05, 4.69) is 29.6 Å². The quantitative estimate of drug-likeness (QED) is 0.434. The van der Waals surface area contributed by atoms with Crippen LogP contribution in [0.4, 0.5) is 0 Å². The highest BCUT2D eigenvalue weighted by Crippen LogP contribution is 2.29. The molecule has 0 aliphatic carbocycles. The number of benzene rings is 2. The fourth-order valence-electron chi connectivity index (χ4n) is 2.79. The van der Waals surface area contributed by atoms with Gasteiger partial charge in [-0.25, -0.2) is 10.4 Å². The number of halogens is 1. The zero-order valence-electron chi connectivity index (χ0n) is 16.6. The SMILES string of the molecule is CCc1ccc(-c2cc(C(=O)NN=C(C)C(C)C)c3cccc(Cl)c3n2)cc1. The Morgan fingerprint density at radius 2 is 1.89 bits per heavy atom. The van der Waals surface area contributed by atoms with Gasteiger partial charge in [-0.3, -0.25) is 4.79 Å². The minimum atomic E-state index is -0.277. The summed E-state index contributed by atoms with van der Waals surface area (Å²) in [6.45, 7) is 8.08. The van der Waals surface area contributed by atoms with Gasteiger partial charge in [0.15, 0.2) is 0 Å². The Balaban J connectivity index is 2.11. The van der Waals surface area contributed by atoms with E-state index in [-0.39, 0.29) is 11.8 Å². The molecule has 144 valence electrons. The van der Waals surface area contributed by atoms with Gasteiger partial charge >= 0.3 is 0 Å². The van der Waals surface area contributed by atoms with Gasteiger partial charge in [-0.2, -0.15) is 5.10 Å². The van der Waals surface area contributed by atoms with Gasteiger partial charge < -0.3 is 0 Å². The molecule has 5 heteroatoms. The number of pyridine rings is 1. The fourth-order valence-corrected chi connectivity index (χ4v) is 3.01. The average Bonchev–Trinajstić information content (AvgIpc) is 2.71. The van der Waals surface area contributed by atoms with Crippen LogP contribution in [0.2, 0.25) is 5.02 Å². The third-order valence-electron chi connectivity index (χ3n) is 4.86. The average molecular weight is 394 g/mol. The van der Waals surface area contributed by atoms with Gasteiger partial charge in [-0.15, -0.1) is 0 Å². The minimum Gasteiger partial charge on any atom is -0.267 e. The summed E-state index contributed by atoms with van der Waals surface area (Å²) in [4.78, 5) is 17.6.